The van der Waals surface area contributed by atoms with Crippen molar-refractivity contribution in [1.29, 1.82) is 0 Å². The fourth-order valence-electron chi connectivity index (χ4n) is 4.51. The minimum Gasteiger partial charge on any atom is -0.507 e. The first-order chi connectivity index (χ1) is 14.7. The van der Waals surface area contributed by atoms with Gasteiger partial charge in [0.05, 0.1) is 0 Å². The normalized spacial score (nSPS) is 12.5. The molecule has 1 atom stereocenters. The zero-order valence-corrected chi connectivity index (χ0v) is 21.2. The Bertz CT molecular complexity index is 786. The lowest BCUT2D eigenvalue weighted by atomic mass is 9.83. The summed E-state index contributed by atoms with van der Waals surface area (Å²) < 4.78 is 0. The van der Waals surface area contributed by atoms with E-state index >= 15 is 0 Å². The average Bonchev–Trinajstić information content (AvgIpc) is 2.71. The Morgan fingerprint density at radius 1 is 0.742 bits per heavy atom. The van der Waals surface area contributed by atoms with Crippen LogP contribution in [0.2, 0.25) is 0 Å². The van der Waals surface area contributed by atoms with Crippen LogP contribution in [-0.2, 0) is 0 Å². The van der Waals surface area contributed by atoms with Crippen LogP contribution in [0.25, 0.3) is 0 Å². The van der Waals surface area contributed by atoms with Crippen LogP contribution >= 0.6 is 11.8 Å². The number of unbranched alkanes of at least 4 members (excludes halogenated alkanes) is 5. The van der Waals surface area contributed by atoms with Crippen molar-refractivity contribution in [1.82, 2.24) is 0 Å². The topological polar surface area (TPSA) is 40.5 Å². The number of hydrogen-bond acceptors (Lipinski definition) is 3. The van der Waals surface area contributed by atoms with Gasteiger partial charge in [-0.3, -0.25) is 0 Å². The minimum atomic E-state index is -0.0238. The lowest BCUT2D eigenvalue weighted by Gasteiger charge is -2.25. The highest BCUT2D eigenvalue weighted by atomic mass is 32.2. The van der Waals surface area contributed by atoms with Crippen LogP contribution in [0.5, 0.6) is 11.5 Å². The largest absolute Gasteiger partial charge is 0.507 e. The first kappa shape index (κ1) is 25.6. The molecule has 0 radical (unpaired) electrons. The van der Waals surface area contributed by atoms with E-state index in [9.17, 15) is 10.2 Å². The van der Waals surface area contributed by atoms with Gasteiger partial charge in [-0.15, -0.1) is 0 Å². The Balaban J connectivity index is 2.21. The van der Waals surface area contributed by atoms with E-state index in [0.29, 0.717) is 16.7 Å². The third kappa shape index (κ3) is 7.49. The number of aromatic hydroxyl groups is 2. The number of hydrogen-bond donors (Lipinski definition) is 2. The molecule has 2 N–H and O–H groups in total. The molecule has 0 aliphatic heterocycles. The molecule has 0 heterocycles. The van der Waals surface area contributed by atoms with E-state index in [4.69, 9.17) is 0 Å². The van der Waals surface area contributed by atoms with Gasteiger partial charge in [0, 0.05) is 22.3 Å². The maximum atomic E-state index is 10.9. The third-order valence-electron chi connectivity index (χ3n) is 6.17. The summed E-state index contributed by atoms with van der Waals surface area (Å²) in [5, 5.41) is 22.3. The van der Waals surface area contributed by atoms with Crippen LogP contribution in [-0.4, -0.2) is 21.2 Å². The van der Waals surface area contributed by atoms with Crippen molar-refractivity contribution in [3.63, 3.8) is 0 Å². The van der Waals surface area contributed by atoms with Crippen molar-refractivity contribution >= 4 is 11.8 Å². The van der Waals surface area contributed by atoms with Crippen molar-refractivity contribution in [2.24, 2.45) is 0 Å². The molecule has 0 bridgehead atoms. The first-order valence-electron chi connectivity index (χ1n) is 12.0. The summed E-state index contributed by atoms with van der Waals surface area (Å²) in [6, 6.07) is 8.23. The quantitative estimate of drug-likeness (QED) is 0.324. The predicted molar refractivity (Wildman–Crippen MR) is 137 cm³/mol. The monoisotopic (exact) mass is 442 g/mol. The van der Waals surface area contributed by atoms with Gasteiger partial charge in [0.25, 0.3) is 0 Å². The Hall–Kier alpha value is -1.61. The smallest absolute Gasteiger partial charge is 0.122 e. The molecular weight excluding hydrogens is 400 g/mol. The summed E-state index contributed by atoms with van der Waals surface area (Å²) in [5.41, 5.74) is 5.96. The van der Waals surface area contributed by atoms with Crippen molar-refractivity contribution in [2.75, 3.05) is 5.75 Å². The lowest BCUT2D eigenvalue weighted by molar-refractivity contribution is 0.446. The average molecular weight is 443 g/mol. The Morgan fingerprint density at radius 3 is 1.74 bits per heavy atom. The van der Waals surface area contributed by atoms with Crippen molar-refractivity contribution < 1.29 is 10.2 Å². The van der Waals surface area contributed by atoms with E-state index in [1.807, 2.05) is 37.7 Å². The van der Waals surface area contributed by atoms with E-state index in [2.05, 4.69) is 39.8 Å². The van der Waals surface area contributed by atoms with Crippen LogP contribution in [0.3, 0.4) is 0 Å². The van der Waals surface area contributed by atoms with Gasteiger partial charge in [-0.05, 0) is 57.4 Å². The Morgan fingerprint density at radius 2 is 1.23 bits per heavy atom. The summed E-state index contributed by atoms with van der Waals surface area (Å²) in [7, 11) is 0. The number of thioether (sulfide) groups is 1. The molecule has 31 heavy (non-hydrogen) atoms. The summed E-state index contributed by atoms with van der Waals surface area (Å²) in [4.78, 5) is 0. The first-order valence-corrected chi connectivity index (χ1v) is 13.0. The van der Waals surface area contributed by atoms with E-state index in [-0.39, 0.29) is 5.92 Å². The van der Waals surface area contributed by atoms with Gasteiger partial charge in [-0.1, -0.05) is 81.3 Å². The van der Waals surface area contributed by atoms with Gasteiger partial charge in [0.15, 0.2) is 0 Å². The maximum Gasteiger partial charge on any atom is 0.122 e. The molecule has 0 aliphatic carbocycles. The zero-order valence-electron chi connectivity index (χ0n) is 20.4. The Kier molecular flexibility index (Phi) is 10.3. The molecule has 2 nitrogen and oxygen atoms in total. The summed E-state index contributed by atoms with van der Waals surface area (Å²) in [6.45, 7) is 12.6. The molecule has 0 saturated carbocycles. The van der Waals surface area contributed by atoms with E-state index < -0.39 is 0 Å². The molecule has 172 valence electrons. The molecule has 0 saturated heterocycles. The molecule has 0 fully saturated rings. The SMILES string of the molecule is CCCCCCCCSC(C)CC(c1cc(C)cc(C)c1O)c1cc(C)cc(C)c1O. The number of phenols is 2. The predicted octanol–water partition coefficient (Wildman–Crippen LogP) is 8.34. The van der Waals surface area contributed by atoms with Gasteiger partial charge >= 0.3 is 0 Å². The molecule has 2 rings (SSSR count). The highest BCUT2D eigenvalue weighted by Gasteiger charge is 2.25. The van der Waals surface area contributed by atoms with Gasteiger partial charge in [0.1, 0.15) is 11.5 Å². The molecule has 1 unspecified atom stereocenters. The number of aryl methyl sites for hydroxylation is 4. The van der Waals surface area contributed by atoms with Gasteiger partial charge in [-0.2, -0.15) is 11.8 Å². The van der Waals surface area contributed by atoms with Gasteiger partial charge in [-0.25, -0.2) is 0 Å². The summed E-state index contributed by atoms with van der Waals surface area (Å²) in [6.07, 6.45) is 8.84. The fourth-order valence-corrected chi connectivity index (χ4v) is 5.61. The molecule has 0 amide bonds. The van der Waals surface area contributed by atoms with Gasteiger partial charge in [0.2, 0.25) is 0 Å². The standard InChI is InChI=1S/C28H42O2S/c1-7-8-9-10-11-12-13-31-23(6)18-24(25-16-19(2)14-21(4)27(25)29)26-17-20(3)15-22(5)28(26)30/h14-17,23-24,29-30H,7-13,18H2,1-6H3. The number of benzene rings is 2. The van der Waals surface area contributed by atoms with Crippen LogP contribution in [0.1, 0.15) is 98.1 Å². The van der Waals surface area contributed by atoms with E-state index in [0.717, 1.165) is 39.8 Å². The Labute approximate surface area is 194 Å². The summed E-state index contributed by atoms with van der Waals surface area (Å²) in [5.74, 6) is 1.88. The van der Waals surface area contributed by atoms with Crippen LogP contribution < -0.4 is 0 Å². The van der Waals surface area contributed by atoms with E-state index in [1.54, 1.807) is 0 Å². The molecule has 2 aromatic rings. The second-order valence-corrected chi connectivity index (χ2v) is 10.8. The second kappa shape index (κ2) is 12.4. The maximum absolute atomic E-state index is 10.9. The summed E-state index contributed by atoms with van der Waals surface area (Å²) >= 11 is 2.02. The van der Waals surface area contributed by atoms with Crippen LogP contribution in [0.4, 0.5) is 0 Å². The molecule has 0 spiro atoms. The van der Waals surface area contributed by atoms with Gasteiger partial charge < -0.3 is 10.2 Å². The second-order valence-electron chi connectivity index (χ2n) is 9.28. The highest BCUT2D eigenvalue weighted by Crippen LogP contribution is 2.43. The van der Waals surface area contributed by atoms with Crippen LogP contribution in [0, 0.1) is 27.7 Å². The van der Waals surface area contributed by atoms with Crippen molar-refractivity contribution in [3.8, 4) is 11.5 Å². The third-order valence-corrected chi connectivity index (χ3v) is 7.45. The zero-order chi connectivity index (χ0) is 23.0. The fraction of sp³-hybridized carbons (Fsp3) is 0.571. The lowest BCUT2D eigenvalue weighted by Crippen LogP contribution is -2.11. The molecule has 3 heteroatoms. The number of phenolic OH excluding ortho intramolecular Hbond substituents is 2. The van der Waals surface area contributed by atoms with Crippen molar-refractivity contribution in [2.45, 2.75) is 97.7 Å². The number of rotatable bonds is 12. The molecule has 0 aliphatic rings. The molecular formula is C28H42O2S. The molecule has 0 aromatic heterocycles. The minimum absolute atomic E-state index is 0.0238. The molecule has 2 aromatic carbocycles. The van der Waals surface area contributed by atoms with Crippen molar-refractivity contribution in [3.05, 3.63) is 57.6 Å². The van der Waals surface area contributed by atoms with E-state index in [1.165, 1.54) is 44.3 Å². The van der Waals surface area contributed by atoms with Crippen LogP contribution in [0.15, 0.2) is 24.3 Å². The highest BCUT2D eigenvalue weighted by molar-refractivity contribution is 7.99.